The molecule has 0 atom stereocenters. The Labute approximate surface area is 158 Å². The van der Waals surface area contributed by atoms with Crippen molar-refractivity contribution in [3.05, 3.63) is 28.8 Å². The molecule has 1 aromatic rings. The summed E-state index contributed by atoms with van der Waals surface area (Å²) in [4.78, 5) is 42.8. The number of hydrogen-bond acceptors (Lipinski definition) is 5. The maximum atomic E-state index is 12.4. The molecule has 4 amide bonds. The van der Waals surface area contributed by atoms with Crippen molar-refractivity contribution in [3.63, 3.8) is 0 Å². The number of piperazine rings is 1. The third-order valence-electron chi connectivity index (χ3n) is 4.83. The highest BCUT2D eigenvalue weighted by molar-refractivity contribution is 6.44. The molecule has 26 heavy (non-hydrogen) atoms. The highest BCUT2D eigenvalue weighted by atomic mass is 35.5. The number of carbonyl (C=O) groups excluding carboxylic acids is 3. The van der Waals surface area contributed by atoms with Gasteiger partial charge in [-0.25, -0.2) is 9.69 Å². The zero-order chi connectivity index (χ0) is 19.0. The fraction of sp³-hybridized carbons (Fsp3) is 0.500. The van der Waals surface area contributed by atoms with E-state index in [4.69, 9.17) is 11.6 Å². The first-order valence-corrected chi connectivity index (χ1v) is 9.10. The van der Waals surface area contributed by atoms with Gasteiger partial charge < -0.3 is 4.90 Å². The van der Waals surface area contributed by atoms with Crippen LogP contribution in [0.25, 0.3) is 0 Å². The Kier molecular flexibility index (Phi) is 5.20. The van der Waals surface area contributed by atoms with Gasteiger partial charge in [-0.2, -0.15) is 0 Å². The lowest BCUT2D eigenvalue weighted by Gasteiger charge is -2.37. The third kappa shape index (κ3) is 3.41. The minimum Gasteiger partial charge on any atom is -0.369 e. The summed E-state index contributed by atoms with van der Waals surface area (Å²) in [6.45, 7) is 8.55. The molecule has 0 radical (unpaired) electrons. The molecule has 0 N–H and O–H groups in total. The quantitative estimate of drug-likeness (QED) is 0.591. The molecule has 7 nitrogen and oxygen atoms in total. The lowest BCUT2D eigenvalue weighted by atomic mass is 10.1. The van der Waals surface area contributed by atoms with E-state index in [1.807, 2.05) is 30.0 Å². The van der Waals surface area contributed by atoms with Gasteiger partial charge in [0.1, 0.15) is 0 Å². The molecular formula is C18H23ClN4O3. The minimum absolute atomic E-state index is 0.148. The van der Waals surface area contributed by atoms with Crippen LogP contribution in [0.3, 0.4) is 0 Å². The van der Waals surface area contributed by atoms with Gasteiger partial charge in [0.05, 0.1) is 6.67 Å². The van der Waals surface area contributed by atoms with E-state index in [1.165, 1.54) is 0 Å². The molecule has 1 aromatic carbocycles. The van der Waals surface area contributed by atoms with E-state index in [0.29, 0.717) is 18.1 Å². The first-order chi connectivity index (χ1) is 12.3. The van der Waals surface area contributed by atoms with E-state index in [2.05, 4.69) is 4.90 Å². The van der Waals surface area contributed by atoms with Gasteiger partial charge in [0.15, 0.2) is 0 Å². The molecule has 2 aliphatic rings. The van der Waals surface area contributed by atoms with Gasteiger partial charge in [-0.3, -0.25) is 19.4 Å². The number of aryl methyl sites for hydroxylation is 1. The number of rotatable bonds is 4. The van der Waals surface area contributed by atoms with Gasteiger partial charge in [-0.1, -0.05) is 17.7 Å². The average molecular weight is 379 g/mol. The Bertz CT molecular complexity index is 744. The van der Waals surface area contributed by atoms with Crippen molar-refractivity contribution in [3.8, 4) is 0 Å². The molecule has 0 bridgehead atoms. The number of nitrogens with zero attached hydrogens (tertiary/aromatic N) is 4. The highest BCUT2D eigenvalue weighted by Gasteiger charge is 2.46. The second-order valence-corrected chi connectivity index (χ2v) is 7.40. The van der Waals surface area contributed by atoms with Crippen LogP contribution in [0, 0.1) is 6.92 Å². The van der Waals surface area contributed by atoms with Crippen molar-refractivity contribution in [1.82, 2.24) is 14.7 Å². The number of imide groups is 2. The van der Waals surface area contributed by atoms with E-state index in [-0.39, 0.29) is 12.7 Å². The van der Waals surface area contributed by atoms with Crippen molar-refractivity contribution in [2.75, 3.05) is 37.7 Å². The van der Waals surface area contributed by atoms with Crippen LogP contribution in [-0.4, -0.2) is 71.4 Å². The smallest absolute Gasteiger partial charge is 0.335 e. The van der Waals surface area contributed by atoms with Gasteiger partial charge in [0.25, 0.3) is 0 Å². The zero-order valence-electron chi connectivity index (χ0n) is 15.2. The van der Waals surface area contributed by atoms with Crippen molar-refractivity contribution >= 4 is 35.1 Å². The summed E-state index contributed by atoms with van der Waals surface area (Å²) < 4.78 is 0. The Morgan fingerprint density at radius 1 is 1.04 bits per heavy atom. The lowest BCUT2D eigenvalue weighted by Crippen LogP contribution is -2.51. The van der Waals surface area contributed by atoms with Crippen LogP contribution in [0.2, 0.25) is 5.02 Å². The van der Waals surface area contributed by atoms with Crippen LogP contribution in [-0.2, 0) is 9.59 Å². The topological polar surface area (TPSA) is 64.2 Å². The maximum Gasteiger partial charge on any atom is 0.335 e. The molecule has 8 heteroatoms. The molecule has 0 aromatic heterocycles. The van der Waals surface area contributed by atoms with Gasteiger partial charge in [0.2, 0.25) is 0 Å². The number of amides is 4. The fourth-order valence-corrected chi connectivity index (χ4v) is 3.52. The van der Waals surface area contributed by atoms with Crippen molar-refractivity contribution < 1.29 is 14.4 Å². The molecule has 0 aliphatic carbocycles. The van der Waals surface area contributed by atoms with E-state index in [1.54, 1.807) is 13.8 Å². The lowest BCUT2D eigenvalue weighted by molar-refractivity contribution is -0.144. The molecule has 0 spiro atoms. The van der Waals surface area contributed by atoms with Crippen LogP contribution in [0.5, 0.6) is 0 Å². The van der Waals surface area contributed by atoms with Crippen LogP contribution in [0.1, 0.15) is 19.4 Å². The molecule has 2 saturated heterocycles. The Hall–Kier alpha value is -2.12. The Morgan fingerprint density at radius 3 is 2.27 bits per heavy atom. The predicted molar refractivity (Wildman–Crippen MR) is 99.1 cm³/mol. The molecule has 3 rings (SSSR count). The van der Waals surface area contributed by atoms with E-state index in [0.717, 1.165) is 34.1 Å². The highest BCUT2D eigenvalue weighted by Crippen LogP contribution is 2.25. The first-order valence-electron chi connectivity index (χ1n) is 8.72. The third-order valence-corrected chi connectivity index (χ3v) is 5.06. The van der Waals surface area contributed by atoms with Gasteiger partial charge in [-0.05, 0) is 38.5 Å². The van der Waals surface area contributed by atoms with Crippen LogP contribution >= 0.6 is 11.6 Å². The summed E-state index contributed by atoms with van der Waals surface area (Å²) in [5, 5.41) is 0.702. The van der Waals surface area contributed by atoms with Crippen LogP contribution in [0.4, 0.5) is 10.5 Å². The monoisotopic (exact) mass is 378 g/mol. The number of halogens is 1. The molecule has 2 fully saturated rings. The maximum absolute atomic E-state index is 12.4. The van der Waals surface area contributed by atoms with Crippen molar-refractivity contribution in [1.29, 1.82) is 0 Å². The SMILES string of the molecule is Cc1ccc(Cl)cc1N1CCN(CN2C(=O)C(=O)N(C(C)C)C2=O)CC1. The van der Waals surface area contributed by atoms with E-state index in [9.17, 15) is 14.4 Å². The zero-order valence-corrected chi connectivity index (χ0v) is 16.0. The number of urea groups is 1. The molecule has 140 valence electrons. The predicted octanol–water partition coefficient (Wildman–Crippen LogP) is 1.93. The molecule has 0 saturated carbocycles. The summed E-state index contributed by atoms with van der Waals surface area (Å²) in [5.41, 5.74) is 2.26. The summed E-state index contributed by atoms with van der Waals surface area (Å²) in [7, 11) is 0. The molecule has 2 heterocycles. The minimum atomic E-state index is -0.739. The average Bonchev–Trinajstić information content (AvgIpc) is 2.81. The number of hydrogen-bond donors (Lipinski definition) is 0. The first kappa shape index (κ1) is 18.7. The Balaban J connectivity index is 1.62. The van der Waals surface area contributed by atoms with E-state index < -0.39 is 17.8 Å². The number of anilines is 1. The largest absolute Gasteiger partial charge is 0.369 e. The second-order valence-electron chi connectivity index (χ2n) is 6.96. The summed E-state index contributed by atoms with van der Waals surface area (Å²) >= 11 is 6.11. The Morgan fingerprint density at radius 2 is 1.69 bits per heavy atom. The molecule has 0 unspecified atom stereocenters. The normalized spacial score (nSPS) is 19.3. The summed E-state index contributed by atoms with van der Waals surface area (Å²) in [5.74, 6) is -1.48. The summed E-state index contributed by atoms with van der Waals surface area (Å²) in [6, 6.07) is 4.98. The van der Waals surface area contributed by atoms with Crippen LogP contribution in [0.15, 0.2) is 18.2 Å². The summed E-state index contributed by atoms with van der Waals surface area (Å²) in [6.07, 6.45) is 0. The molecular weight excluding hydrogens is 356 g/mol. The van der Waals surface area contributed by atoms with Gasteiger partial charge >= 0.3 is 17.8 Å². The van der Waals surface area contributed by atoms with Crippen molar-refractivity contribution in [2.45, 2.75) is 26.8 Å². The van der Waals surface area contributed by atoms with Gasteiger partial charge in [-0.15, -0.1) is 0 Å². The molecule has 2 aliphatic heterocycles. The van der Waals surface area contributed by atoms with Crippen LogP contribution < -0.4 is 4.90 Å². The van der Waals surface area contributed by atoms with Gasteiger partial charge in [0, 0.05) is 42.9 Å². The second kappa shape index (κ2) is 7.25. The fourth-order valence-electron chi connectivity index (χ4n) is 3.36. The van der Waals surface area contributed by atoms with E-state index >= 15 is 0 Å². The number of benzene rings is 1. The number of carbonyl (C=O) groups is 3. The van der Waals surface area contributed by atoms with Crippen molar-refractivity contribution in [2.24, 2.45) is 0 Å². The standard InChI is InChI=1S/C18H23ClN4O3/c1-12(2)23-17(25)16(24)22(18(23)26)11-20-6-8-21(9-7-20)15-10-14(19)5-4-13(15)3/h4-5,10,12H,6-9,11H2,1-3H3.